The number of carbonyl (C=O) groups is 1. The maximum atomic E-state index is 12.5. The first-order valence-electron chi connectivity index (χ1n) is 7.99. The van der Waals surface area contributed by atoms with E-state index in [0.717, 1.165) is 27.3 Å². The minimum Gasteiger partial charge on any atom is -0.298 e. The number of para-hydroxylation sites is 2. The van der Waals surface area contributed by atoms with Gasteiger partial charge in [0.1, 0.15) is 4.83 Å². The van der Waals surface area contributed by atoms with Gasteiger partial charge in [0.25, 0.3) is 5.91 Å². The van der Waals surface area contributed by atoms with Gasteiger partial charge in [-0.25, -0.2) is 4.68 Å². The molecule has 2 aromatic carbocycles. The highest BCUT2D eigenvalue weighted by Crippen LogP contribution is 2.32. The normalized spacial score (nSPS) is 10.8. The van der Waals surface area contributed by atoms with Gasteiger partial charge in [0.2, 0.25) is 0 Å². The fraction of sp³-hybridized carbons (Fsp3) is 0.0526. The lowest BCUT2D eigenvalue weighted by Gasteiger charge is -2.07. The summed E-state index contributed by atoms with van der Waals surface area (Å²) in [5.74, 6) is -0.194. The molecule has 0 aliphatic heterocycles. The topological polar surface area (TPSA) is 59.0 Å². The average Bonchev–Trinajstić information content (AvgIpc) is 3.22. The number of amides is 1. The molecule has 5 nitrogen and oxygen atoms in total. The van der Waals surface area contributed by atoms with E-state index >= 15 is 0 Å². The summed E-state index contributed by atoms with van der Waals surface area (Å²) < 4.78 is 1.79. The second-order valence-corrected chi connectivity index (χ2v) is 7.16. The Labute approximate surface area is 159 Å². The average molecular weight is 383 g/mol. The summed E-state index contributed by atoms with van der Waals surface area (Å²) in [6, 6.07) is 18.9. The number of hydrazine groups is 1. The van der Waals surface area contributed by atoms with Crippen molar-refractivity contribution in [3.8, 4) is 5.69 Å². The van der Waals surface area contributed by atoms with Crippen LogP contribution in [0.3, 0.4) is 0 Å². The van der Waals surface area contributed by atoms with Crippen LogP contribution >= 0.6 is 22.9 Å². The molecule has 4 rings (SSSR count). The first-order valence-corrected chi connectivity index (χ1v) is 9.18. The van der Waals surface area contributed by atoms with Crippen molar-refractivity contribution in [3.05, 3.63) is 76.3 Å². The zero-order valence-corrected chi connectivity index (χ0v) is 15.4. The van der Waals surface area contributed by atoms with Crippen molar-refractivity contribution >= 4 is 44.7 Å². The van der Waals surface area contributed by atoms with Crippen LogP contribution in [-0.4, -0.2) is 15.7 Å². The Morgan fingerprint density at radius 1 is 1.12 bits per heavy atom. The number of aromatic nitrogens is 2. The third-order valence-electron chi connectivity index (χ3n) is 3.94. The molecule has 0 saturated heterocycles. The number of hydrogen-bond donors (Lipinski definition) is 2. The van der Waals surface area contributed by atoms with Gasteiger partial charge < -0.3 is 0 Å². The third-order valence-corrected chi connectivity index (χ3v) is 5.37. The van der Waals surface area contributed by atoms with Gasteiger partial charge in [0.05, 0.1) is 27.0 Å². The number of nitrogens with zero attached hydrogens (tertiary/aromatic N) is 2. The van der Waals surface area contributed by atoms with Crippen LogP contribution in [0.15, 0.2) is 60.7 Å². The highest BCUT2D eigenvalue weighted by Gasteiger charge is 2.18. The molecule has 0 bridgehead atoms. The van der Waals surface area contributed by atoms with Crippen molar-refractivity contribution in [2.75, 3.05) is 5.43 Å². The molecule has 7 heteroatoms. The van der Waals surface area contributed by atoms with Gasteiger partial charge >= 0.3 is 0 Å². The Morgan fingerprint density at radius 2 is 1.85 bits per heavy atom. The summed E-state index contributed by atoms with van der Waals surface area (Å²) in [6.45, 7) is 1.92. The molecule has 1 amide bonds. The number of nitrogens with one attached hydrogen (secondary N) is 2. The highest BCUT2D eigenvalue weighted by molar-refractivity contribution is 7.20. The lowest BCUT2D eigenvalue weighted by atomic mass is 10.3. The second kappa shape index (κ2) is 6.82. The monoisotopic (exact) mass is 382 g/mol. The quantitative estimate of drug-likeness (QED) is 0.498. The molecule has 2 aromatic heterocycles. The van der Waals surface area contributed by atoms with Gasteiger partial charge in [-0.1, -0.05) is 41.9 Å². The minimum absolute atomic E-state index is 0.194. The van der Waals surface area contributed by atoms with Gasteiger partial charge in [-0.05, 0) is 37.3 Å². The van der Waals surface area contributed by atoms with E-state index in [1.807, 2.05) is 67.6 Å². The molecule has 0 aliphatic rings. The first kappa shape index (κ1) is 16.6. The Bertz CT molecular complexity index is 1090. The zero-order valence-electron chi connectivity index (χ0n) is 13.9. The van der Waals surface area contributed by atoms with Crippen LogP contribution in [0.2, 0.25) is 5.02 Å². The van der Waals surface area contributed by atoms with E-state index in [-0.39, 0.29) is 5.91 Å². The first-order chi connectivity index (χ1) is 12.6. The number of carbonyl (C=O) groups excluding carboxylic acids is 1. The number of hydrogen-bond acceptors (Lipinski definition) is 4. The maximum absolute atomic E-state index is 12.5. The van der Waals surface area contributed by atoms with E-state index in [0.29, 0.717) is 9.90 Å². The van der Waals surface area contributed by atoms with Crippen LogP contribution < -0.4 is 10.9 Å². The molecule has 0 unspecified atom stereocenters. The largest absolute Gasteiger partial charge is 0.298 e. The SMILES string of the molecule is Cc1nn(-c2ccccc2Cl)c2sc(C(=O)NNc3ccccc3)cc12. The summed E-state index contributed by atoms with van der Waals surface area (Å²) in [5.41, 5.74) is 8.10. The lowest BCUT2D eigenvalue weighted by Crippen LogP contribution is -2.28. The highest BCUT2D eigenvalue weighted by atomic mass is 35.5. The zero-order chi connectivity index (χ0) is 18.1. The Balaban J connectivity index is 1.65. The van der Waals surface area contributed by atoms with E-state index in [1.54, 1.807) is 4.68 Å². The molecule has 130 valence electrons. The van der Waals surface area contributed by atoms with Gasteiger partial charge in [0.15, 0.2) is 0 Å². The number of aryl methyl sites for hydroxylation is 1. The number of benzene rings is 2. The van der Waals surface area contributed by atoms with E-state index in [4.69, 9.17) is 11.6 Å². The maximum Gasteiger partial charge on any atom is 0.279 e. The molecule has 26 heavy (non-hydrogen) atoms. The van der Waals surface area contributed by atoms with Crippen LogP contribution in [-0.2, 0) is 0 Å². The van der Waals surface area contributed by atoms with Crippen LogP contribution in [0, 0.1) is 6.92 Å². The number of thiophene rings is 1. The van der Waals surface area contributed by atoms with Gasteiger partial charge in [-0.3, -0.25) is 15.6 Å². The fourth-order valence-electron chi connectivity index (χ4n) is 2.66. The van der Waals surface area contributed by atoms with Crippen LogP contribution in [0.5, 0.6) is 0 Å². The van der Waals surface area contributed by atoms with E-state index in [1.165, 1.54) is 11.3 Å². The molecule has 0 radical (unpaired) electrons. The molecule has 2 heterocycles. The predicted molar refractivity (Wildman–Crippen MR) is 106 cm³/mol. The van der Waals surface area contributed by atoms with Crippen LogP contribution in [0.4, 0.5) is 5.69 Å². The van der Waals surface area contributed by atoms with Crippen LogP contribution in [0.25, 0.3) is 15.9 Å². The summed E-state index contributed by atoms with van der Waals surface area (Å²) in [7, 11) is 0. The smallest absolute Gasteiger partial charge is 0.279 e. The predicted octanol–water partition coefficient (Wildman–Crippen LogP) is 4.81. The Hall–Kier alpha value is -2.83. The van der Waals surface area contributed by atoms with Crippen molar-refractivity contribution in [1.29, 1.82) is 0 Å². The molecular weight excluding hydrogens is 368 g/mol. The van der Waals surface area contributed by atoms with Crippen molar-refractivity contribution in [2.24, 2.45) is 0 Å². The number of halogens is 1. The number of anilines is 1. The summed E-state index contributed by atoms with van der Waals surface area (Å²) in [5, 5.41) is 6.13. The summed E-state index contributed by atoms with van der Waals surface area (Å²) in [4.78, 5) is 14.0. The molecule has 0 atom stereocenters. The van der Waals surface area contributed by atoms with Crippen molar-refractivity contribution in [1.82, 2.24) is 15.2 Å². The molecule has 2 N–H and O–H groups in total. The van der Waals surface area contributed by atoms with Gasteiger partial charge in [-0.2, -0.15) is 5.10 Å². The number of fused-ring (bicyclic) bond motifs is 1. The standard InChI is InChI=1S/C19H15ClN4OS/c1-12-14-11-17(18(25)22-21-13-7-3-2-4-8-13)26-19(14)24(23-12)16-10-6-5-9-15(16)20/h2-11,21H,1H3,(H,22,25). The van der Waals surface area contributed by atoms with Crippen LogP contribution in [0.1, 0.15) is 15.4 Å². The molecular formula is C19H15ClN4OS. The summed E-state index contributed by atoms with van der Waals surface area (Å²) in [6.07, 6.45) is 0. The molecule has 0 fully saturated rings. The fourth-order valence-corrected chi connectivity index (χ4v) is 3.94. The Morgan fingerprint density at radius 3 is 2.62 bits per heavy atom. The van der Waals surface area contributed by atoms with E-state index < -0.39 is 0 Å². The number of rotatable bonds is 4. The van der Waals surface area contributed by atoms with Crippen molar-refractivity contribution < 1.29 is 4.79 Å². The van der Waals surface area contributed by atoms with Crippen molar-refractivity contribution in [3.63, 3.8) is 0 Å². The third kappa shape index (κ3) is 3.05. The van der Waals surface area contributed by atoms with E-state index in [2.05, 4.69) is 16.0 Å². The van der Waals surface area contributed by atoms with Gasteiger partial charge in [0, 0.05) is 5.39 Å². The Kier molecular flexibility index (Phi) is 4.36. The van der Waals surface area contributed by atoms with E-state index in [9.17, 15) is 4.79 Å². The minimum atomic E-state index is -0.194. The molecule has 4 aromatic rings. The molecule has 0 aliphatic carbocycles. The summed E-state index contributed by atoms with van der Waals surface area (Å²) >= 11 is 7.69. The molecule has 0 spiro atoms. The second-order valence-electron chi connectivity index (χ2n) is 5.72. The van der Waals surface area contributed by atoms with Gasteiger partial charge in [-0.15, -0.1) is 11.3 Å². The lowest BCUT2D eigenvalue weighted by molar-refractivity contribution is 0.0966. The molecule has 0 saturated carbocycles. The van der Waals surface area contributed by atoms with Crippen molar-refractivity contribution in [2.45, 2.75) is 6.92 Å².